The molecule has 0 saturated heterocycles. The molecule has 15 heavy (non-hydrogen) atoms. The molecule has 2 aromatic carbocycles. The summed E-state index contributed by atoms with van der Waals surface area (Å²) in [4.78, 5) is 0. The molecule has 0 aliphatic heterocycles. The fourth-order valence-electron chi connectivity index (χ4n) is 1.07. The zero-order valence-electron chi connectivity index (χ0n) is 8.41. The summed E-state index contributed by atoms with van der Waals surface area (Å²) in [7, 11) is 0. The molecule has 0 aliphatic carbocycles. The van der Waals surface area contributed by atoms with Gasteiger partial charge in [0.15, 0.2) is 0 Å². The van der Waals surface area contributed by atoms with Gasteiger partial charge in [0.05, 0.1) is 0 Å². The number of benzene rings is 2. The van der Waals surface area contributed by atoms with Gasteiger partial charge in [0.2, 0.25) is 0 Å². The van der Waals surface area contributed by atoms with Crippen LogP contribution >= 0.6 is 15.9 Å². The molecule has 0 atom stereocenters. The monoisotopic (exact) mass is 254 g/mol. The van der Waals surface area contributed by atoms with Gasteiger partial charge in [0.25, 0.3) is 0 Å². The van der Waals surface area contributed by atoms with E-state index >= 15 is 0 Å². The molecular weight excluding hydrogens is 247 g/mol. The third kappa shape index (κ3) is 3.75. The Hall–Kier alpha value is -0.683. The topological polar surface area (TPSA) is 9.23 Å². The summed E-state index contributed by atoms with van der Waals surface area (Å²) in [5, 5.41) is 0. The minimum Gasteiger partial charge on any atom is -0.483 e. The molecule has 70 valence electrons. The Morgan fingerprint density at radius 2 is 1.73 bits per heavy atom. The van der Waals surface area contributed by atoms with Crippen LogP contribution in [0.3, 0.4) is 0 Å². The van der Waals surface area contributed by atoms with Gasteiger partial charge in [-0.25, -0.2) is 0 Å². The first-order chi connectivity index (χ1) is 6.84. The Bertz CT molecular complexity index is 400. The van der Waals surface area contributed by atoms with Crippen LogP contribution in [0.5, 0.6) is 11.5 Å². The summed E-state index contributed by atoms with van der Waals surface area (Å²) >= 11 is 3.37. The number of hydrogen-bond acceptors (Lipinski definition) is 1. The Kier molecular flexibility index (Phi) is 4.97. The minimum atomic E-state index is 0. The van der Waals surface area contributed by atoms with Gasteiger partial charge in [-0.2, -0.15) is 18.2 Å². The van der Waals surface area contributed by atoms with Crippen LogP contribution in [0.1, 0.15) is 0 Å². The largest absolute Gasteiger partial charge is 1.00 e. The second kappa shape index (κ2) is 6.02. The van der Waals surface area contributed by atoms with Gasteiger partial charge < -0.3 is 4.74 Å². The normalized spacial score (nSPS) is 9.13. The number of para-hydroxylation sites is 1. The molecule has 1 nitrogen and oxygen atoms in total. The zero-order valence-corrected chi connectivity index (χ0v) is 9.99. The van der Waals surface area contributed by atoms with E-state index < -0.39 is 0 Å². The fraction of sp³-hybridized carbons (Fsp3) is 0. The predicted octanol–water partition coefficient (Wildman–Crippen LogP) is 1.05. The molecule has 0 aliphatic rings. The van der Waals surface area contributed by atoms with Crippen molar-refractivity contribution in [3.05, 3.63) is 59.1 Å². The second-order valence-corrected chi connectivity index (χ2v) is 3.70. The minimum absolute atomic E-state index is 0. The molecule has 0 unspecified atom stereocenters. The Labute approximate surface area is 110 Å². The van der Waals surface area contributed by atoms with Crippen LogP contribution < -0.4 is 23.6 Å². The predicted molar refractivity (Wildman–Crippen MR) is 59.5 cm³/mol. The molecule has 0 saturated carbocycles. The van der Waals surface area contributed by atoms with Crippen molar-refractivity contribution in [2.45, 2.75) is 0 Å². The molecule has 0 bridgehead atoms. The van der Waals surface area contributed by atoms with Gasteiger partial charge in [0.1, 0.15) is 5.75 Å². The summed E-state index contributed by atoms with van der Waals surface area (Å²) in [6, 6.07) is 18.2. The van der Waals surface area contributed by atoms with Crippen LogP contribution in [-0.4, -0.2) is 0 Å². The molecule has 2 rings (SSSR count). The maximum atomic E-state index is 5.56. The van der Waals surface area contributed by atoms with E-state index in [4.69, 9.17) is 4.74 Å². The molecule has 2 aromatic rings. The van der Waals surface area contributed by atoms with Gasteiger partial charge in [-0.1, -0.05) is 15.9 Å². The van der Waals surface area contributed by atoms with Crippen molar-refractivity contribution in [1.82, 2.24) is 0 Å². The maximum absolute atomic E-state index is 5.56. The number of rotatable bonds is 2. The Morgan fingerprint density at radius 1 is 1.00 bits per heavy atom. The van der Waals surface area contributed by atoms with E-state index in [1.54, 1.807) is 0 Å². The third-order valence-corrected chi connectivity index (χ3v) is 2.25. The average molecular weight is 255 g/mol. The maximum Gasteiger partial charge on any atom is 1.00 e. The quantitative estimate of drug-likeness (QED) is 0.575. The van der Waals surface area contributed by atoms with E-state index in [9.17, 15) is 0 Å². The molecule has 0 aromatic heterocycles. The first kappa shape index (κ1) is 12.4. The van der Waals surface area contributed by atoms with E-state index in [1.165, 1.54) is 0 Å². The van der Waals surface area contributed by atoms with E-state index in [-0.39, 0.29) is 18.9 Å². The van der Waals surface area contributed by atoms with Gasteiger partial charge in [0, 0.05) is 10.2 Å². The van der Waals surface area contributed by atoms with Crippen LogP contribution in [0, 0.1) is 6.07 Å². The van der Waals surface area contributed by atoms with E-state index in [0.717, 1.165) is 16.0 Å². The molecule has 0 N–H and O–H groups in total. The SMILES string of the molecule is Brc1ccc(Oc2[c-]cccc2)cc1.[Li+]. The van der Waals surface area contributed by atoms with E-state index in [0.29, 0.717) is 0 Å². The molecule has 3 heteroatoms. The third-order valence-electron chi connectivity index (χ3n) is 1.72. The van der Waals surface area contributed by atoms with Crippen LogP contribution in [0.2, 0.25) is 0 Å². The molecule has 0 heterocycles. The summed E-state index contributed by atoms with van der Waals surface area (Å²) in [6.45, 7) is 0. The van der Waals surface area contributed by atoms with Crippen molar-refractivity contribution in [2.24, 2.45) is 0 Å². The Morgan fingerprint density at radius 3 is 2.33 bits per heavy atom. The van der Waals surface area contributed by atoms with Gasteiger partial charge in [-0.3, -0.25) is 0 Å². The van der Waals surface area contributed by atoms with Crippen molar-refractivity contribution in [1.29, 1.82) is 0 Å². The summed E-state index contributed by atoms with van der Waals surface area (Å²) in [5.41, 5.74) is 0. The van der Waals surface area contributed by atoms with Crippen molar-refractivity contribution in [3.8, 4) is 11.5 Å². The molecule has 0 fully saturated rings. The number of halogens is 1. The molecule has 0 amide bonds. The van der Waals surface area contributed by atoms with Crippen LogP contribution in [0.4, 0.5) is 0 Å². The number of hydrogen-bond donors (Lipinski definition) is 0. The molecule has 0 spiro atoms. The van der Waals surface area contributed by atoms with E-state index in [1.807, 2.05) is 48.5 Å². The van der Waals surface area contributed by atoms with Crippen molar-refractivity contribution in [3.63, 3.8) is 0 Å². The standard InChI is InChI=1S/C12H8BrO.Li/c13-10-6-8-12(9-7-10)14-11-4-2-1-3-5-11;/h1-4,6-9H;/q-1;+1. The molecule has 0 radical (unpaired) electrons. The zero-order chi connectivity index (χ0) is 9.80. The summed E-state index contributed by atoms with van der Waals surface area (Å²) in [5.74, 6) is 1.55. The van der Waals surface area contributed by atoms with Crippen LogP contribution in [0.15, 0.2) is 53.0 Å². The van der Waals surface area contributed by atoms with Crippen molar-refractivity contribution in [2.75, 3.05) is 0 Å². The van der Waals surface area contributed by atoms with Crippen molar-refractivity contribution >= 4 is 15.9 Å². The summed E-state index contributed by atoms with van der Waals surface area (Å²) in [6.07, 6.45) is 0. The summed E-state index contributed by atoms with van der Waals surface area (Å²) < 4.78 is 6.60. The first-order valence-electron chi connectivity index (χ1n) is 4.25. The van der Waals surface area contributed by atoms with Crippen molar-refractivity contribution < 1.29 is 23.6 Å². The van der Waals surface area contributed by atoms with Gasteiger partial charge in [-0.15, -0.1) is 12.1 Å². The number of ether oxygens (including phenoxy) is 1. The van der Waals surface area contributed by atoms with Crippen LogP contribution in [-0.2, 0) is 0 Å². The fourth-order valence-corrected chi connectivity index (χ4v) is 1.33. The Balaban J connectivity index is 0.00000112. The van der Waals surface area contributed by atoms with Crippen LogP contribution in [0.25, 0.3) is 0 Å². The van der Waals surface area contributed by atoms with E-state index in [2.05, 4.69) is 22.0 Å². The average Bonchev–Trinajstić information content (AvgIpc) is 2.23. The smallest absolute Gasteiger partial charge is 0.483 e. The second-order valence-electron chi connectivity index (χ2n) is 2.78. The first-order valence-corrected chi connectivity index (χ1v) is 5.04. The van der Waals surface area contributed by atoms with Gasteiger partial charge in [-0.05, 0) is 24.3 Å². The van der Waals surface area contributed by atoms with Gasteiger partial charge >= 0.3 is 18.9 Å². The molecular formula is C12H8BrLiO.